The van der Waals surface area contributed by atoms with E-state index in [9.17, 15) is 4.79 Å². The normalized spacial score (nSPS) is 23.4. The van der Waals surface area contributed by atoms with Gasteiger partial charge in [0.2, 0.25) is 5.91 Å². The molecule has 1 unspecified atom stereocenters. The Hall–Kier alpha value is -0.250. The first-order chi connectivity index (χ1) is 6.22. The van der Waals surface area contributed by atoms with Crippen LogP contribution in [0.4, 0.5) is 0 Å². The summed E-state index contributed by atoms with van der Waals surface area (Å²) in [4.78, 5) is 10.8. The van der Waals surface area contributed by atoms with E-state index in [1.807, 2.05) is 0 Å². The van der Waals surface area contributed by atoms with Crippen molar-refractivity contribution in [3.63, 3.8) is 0 Å². The molecule has 1 saturated heterocycles. The fourth-order valence-corrected chi connectivity index (χ4v) is 1.41. The van der Waals surface area contributed by atoms with E-state index in [-0.39, 0.29) is 11.9 Å². The third-order valence-electron chi connectivity index (χ3n) is 1.89. The van der Waals surface area contributed by atoms with E-state index < -0.39 is 0 Å². The third kappa shape index (κ3) is 3.98. The largest absolute Gasteiger partial charge is 0.352 e. The first-order valence-electron chi connectivity index (χ1n) is 4.17. The lowest BCUT2D eigenvalue weighted by atomic mass is 10.2. The van der Waals surface area contributed by atoms with Gasteiger partial charge in [0.25, 0.3) is 0 Å². The molecule has 2 N–H and O–H groups in total. The second-order valence-corrected chi connectivity index (χ2v) is 3.69. The number of amides is 1. The van der Waals surface area contributed by atoms with Crippen LogP contribution < -0.4 is 10.6 Å². The van der Waals surface area contributed by atoms with Crippen LogP contribution in [-0.4, -0.2) is 25.0 Å². The Morgan fingerprint density at radius 3 is 3.08 bits per heavy atom. The maximum atomic E-state index is 10.8. The Labute approximate surface area is 87.5 Å². The lowest BCUT2D eigenvalue weighted by Crippen LogP contribution is -2.36. The van der Waals surface area contributed by atoms with Gasteiger partial charge in [-0.1, -0.05) is 23.2 Å². The second kappa shape index (κ2) is 5.47. The predicted octanol–water partition coefficient (Wildman–Crippen LogP) is 1.17. The summed E-state index contributed by atoms with van der Waals surface area (Å²) in [7, 11) is 0. The number of hydrogen-bond donors (Lipinski definition) is 2. The van der Waals surface area contributed by atoms with Gasteiger partial charge in [-0.25, -0.2) is 0 Å². The molecular weight excluding hydrogens is 211 g/mol. The molecule has 0 aliphatic carbocycles. The first kappa shape index (κ1) is 10.8. The van der Waals surface area contributed by atoms with Gasteiger partial charge in [-0.2, -0.15) is 0 Å². The van der Waals surface area contributed by atoms with Gasteiger partial charge in [-0.15, -0.1) is 0 Å². The lowest BCUT2D eigenvalue weighted by Gasteiger charge is -2.10. The summed E-state index contributed by atoms with van der Waals surface area (Å²) in [6.07, 6.45) is 1.53. The minimum Gasteiger partial charge on any atom is -0.352 e. The fraction of sp³-hybridized carbons (Fsp3) is 0.625. The first-order valence-corrected chi connectivity index (χ1v) is 4.98. The maximum absolute atomic E-state index is 10.8. The zero-order valence-electron chi connectivity index (χ0n) is 7.15. The Morgan fingerprint density at radius 2 is 2.54 bits per heavy atom. The molecule has 0 saturated carbocycles. The van der Waals surface area contributed by atoms with Gasteiger partial charge in [0.05, 0.1) is 0 Å². The van der Waals surface area contributed by atoms with E-state index >= 15 is 0 Å². The summed E-state index contributed by atoms with van der Waals surface area (Å²) in [5.74, 6) is 0.130. The minimum absolute atomic E-state index is 0.130. The molecule has 3 nitrogen and oxygen atoms in total. The SMILES string of the molecule is O=C1CCC(CNCC(Cl)=CCl)N1. The van der Waals surface area contributed by atoms with Crippen molar-refractivity contribution in [1.82, 2.24) is 10.6 Å². The van der Waals surface area contributed by atoms with E-state index in [0.29, 0.717) is 18.0 Å². The van der Waals surface area contributed by atoms with Gasteiger partial charge in [-0.05, 0) is 6.42 Å². The van der Waals surface area contributed by atoms with E-state index in [4.69, 9.17) is 23.2 Å². The van der Waals surface area contributed by atoms with Crippen molar-refractivity contribution in [1.29, 1.82) is 0 Å². The zero-order chi connectivity index (χ0) is 9.68. The van der Waals surface area contributed by atoms with Crippen molar-refractivity contribution in [3.8, 4) is 0 Å². The molecule has 13 heavy (non-hydrogen) atoms. The van der Waals surface area contributed by atoms with E-state index in [2.05, 4.69) is 10.6 Å². The van der Waals surface area contributed by atoms with Crippen LogP contribution in [-0.2, 0) is 4.79 Å². The highest BCUT2D eigenvalue weighted by Crippen LogP contribution is 2.06. The molecule has 0 aromatic heterocycles. The molecule has 1 aliphatic rings. The molecule has 1 heterocycles. The van der Waals surface area contributed by atoms with Gasteiger partial charge >= 0.3 is 0 Å². The maximum Gasteiger partial charge on any atom is 0.220 e. The number of halogens is 2. The monoisotopic (exact) mass is 222 g/mol. The van der Waals surface area contributed by atoms with Gasteiger partial charge < -0.3 is 10.6 Å². The summed E-state index contributed by atoms with van der Waals surface area (Å²) in [6, 6.07) is 0.243. The van der Waals surface area contributed by atoms with Gasteiger partial charge in [-0.3, -0.25) is 4.79 Å². The van der Waals surface area contributed by atoms with Crippen LogP contribution in [0.5, 0.6) is 0 Å². The molecule has 0 spiro atoms. The van der Waals surface area contributed by atoms with Gasteiger partial charge in [0.1, 0.15) is 0 Å². The molecule has 1 amide bonds. The minimum atomic E-state index is 0.130. The number of nitrogens with one attached hydrogen (secondary N) is 2. The van der Waals surface area contributed by atoms with Crippen LogP contribution in [0.25, 0.3) is 0 Å². The summed E-state index contributed by atoms with van der Waals surface area (Å²) < 4.78 is 0. The Balaban J connectivity index is 2.10. The van der Waals surface area contributed by atoms with Crippen LogP contribution in [0, 0.1) is 0 Å². The topological polar surface area (TPSA) is 41.1 Å². The molecule has 0 radical (unpaired) electrons. The molecular formula is C8H12Cl2N2O. The molecule has 5 heteroatoms. The van der Waals surface area contributed by atoms with Crippen LogP contribution in [0.3, 0.4) is 0 Å². The Morgan fingerprint density at radius 1 is 1.77 bits per heavy atom. The molecule has 1 rings (SSSR count). The van der Waals surface area contributed by atoms with Crippen molar-refractivity contribution < 1.29 is 4.79 Å². The zero-order valence-corrected chi connectivity index (χ0v) is 8.66. The second-order valence-electron chi connectivity index (χ2n) is 2.99. The van der Waals surface area contributed by atoms with E-state index in [1.165, 1.54) is 5.54 Å². The smallest absolute Gasteiger partial charge is 0.220 e. The highest BCUT2D eigenvalue weighted by molar-refractivity contribution is 6.36. The van der Waals surface area contributed by atoms with Crippen molar-refractivity contribution in [3.05, 3.63) is 10.6 Å². The van der Waals surface area contributed by atoms with Crippen LogP contribution in [0.2, 0.25) is 0 Å². The van der Waals surface area contributed by atoms with Crippen molar-refractivity contribution in [2.24, 2.45) is 0 Å². The van der Waals surface area contributed by atoms with E-state index in [1.54, 1.807) is 0 Å². The summed E-state index contributed by atoms with van der Waals surface area (Å²) in [5, 5.41) is 6.52. The molecule has 0 bridgehead atoms. The average Bonchev–Trinajstić information content (AvgIpc) is 2.51. The van der Waals surface area contributed by atoms with Crippen molar-refractivity contribution in [2.45, 2.75) is 18.9 Å². The standard InChI is InChI=1S/C8H12Cl2N2O/c9-3-6(10)4-11-5-7-1-2-8(13)12-7/h3,7,11H,1-2,4-5H2,(H,12,13). The molecule has 1 aliphatic heterocycles. The van der Waals surface area contributed by atoms with E-state index in [0.717, 1.165) is 13.0 Å². The fourth-order valence-electron chi connectivity index (χ4n) is 1.23. The highest BCUT2D eigenvalue weighted by atomic mass is 35.5. The molecule has 74 valence electrons. The highest BCUT2D eigenvalue weighted by Gasteiger charge is 2.19. The van der Waals surface area contributed by atoms with Crippen LogP contribution in [0.15, 0.2) is 10.6 Å². The Bertz CT molecular complexity index is 218. The summed E-state index contributed by atoms with van der Waals surface area (Å²) in [5.41, 5.74) is 1.34. The van der Waals surface area contributed by atoms with Crippen LogP contribution >= 0.6 is 23.2 Å². The van der Waals surface area contributed by atoms with Crippen molar-refractivity contribution >= 4 is 29.1 Å². The lowest BCUT2D eigenvalue weighted by molar-refractivity contribution is -0.119. The number of carbonyl (C=O) groups excluding carboxylic acids is 1. The summed E-state index contributed by atoms with van der Waals surface area (Å²) in [6.45, 7) is 1.30. The average molecular weight is 223 g/mol. The van der Waals surface area contributed by atoms with Crippen LogP contribution in [0.1, 0.15) is 12.8 Å². The third-order valence-corrected chi connectivity index (χ3v) is 2.51. The summed E-state index contributed by atoms with van der Waals surface area (Å²) >= 11 is 11.0. The Kier molecular flexibility index (Phi) is 4.56. The molecule has 0 aromatic rings. The van der Waals surface area contributed by atoms with Gasteiger partial charge in [0.15, 0.2) is 0 Å². The molecule has 1 fully saturated rings. The number of hydrogen-bond acceptors (Lipinski definition) is 2. The van der Waals surface area contributed by atoms with Crippen molar-refractivity contribution in [2.75, 3.05) is 13.1 Å². The quantitative estimate of drug-likeness (QED) is 0.751. The molecule has 0 aromatic carbocycles. The number of carbonyl (C=O) groups is 1. The molecule has 1 atom stereocenters. The predicted molar refractivity (Wildman–Crippen MR) is 53.8 cm³/mol. The number of rotatable bonds is 4. The van der Waals surface area contributed by atoms with Gasteiger partial charge in [0, 0.05) is 36.1 Å².